The average molecular weight is 409 g/mol. The van der Waals surface area contributed by atoms with Crippen LogP contribution in [0.4, 0.5) is 4.79 Å². The number of rotatable bonds is 6. The van der Waals surface area contributed by atoms with Crippen molar-refractivity contribution in [2.75, 3.05) is 13.2 Å². The minimum absolute atomic E-state index is 0.162. The molecule has 2 fully saturated rings. The van der Waals surface area contributed by atoms with Gasteiger partial charge in [0.1, 0.15) is 5.54 Å². The van der Waals surface area contributed by atoms with Crippen LogP contribution in [0.1, 0.15) is 47.1 Å². The van der Waals surface area contributed by atoms with E-state index in [4.69, 9.17) is 4.74 Å². The van der Waals surface area contributed by atoms with Crippen molar-refractivity contribution < 1.29 is 19.1 Å². The molecular formula is C23H27N3O4. The van der Waals surface area contributed by atoms with Crippen LogP contribution >= 0.6 is 0 Å². The first-order chi connectivity index (χ1) is 14.3. The number of aryl methyl sites for hydroxylation is 1. The van der Waals surface area contributed by atoms with E-state index in [0.717, 1.165) is 35.7 Å². The molecule has 0 bridgehead atoms. The molecular weight excluding hydrogens is 382 g/mol. The summed E-state index contributed by atoms with van der Waals surface area (Å²) >= 11 is 0. The van der Waals surface area contributed by atoms with Crippen molar-refractivity contribution in [1.82, 2.24) is 14.8 Å². The summed E-state index contributed by atoms with van der Waals surface area (Å²) < 4.78 is 7.81. The molecule has 7 heteroatoms. The molecule has 7 nitrogen and oxygen atoms in total. The summed E-state index contributed by atoms with van der Waals surface area (Å²) in [7, 11) is 0. The van der Waals surface area contributed by atoms with Gasteiger partial charge in [-0.25, -0.2) is 4.79 Å². The Morgan fingerprint density at radius 3 is 2.63 bits per heavy atom. The Morgan fingerprint density at radius 2 is 1.97 bits per heavy atom. The van der Waals surface area contributed by atoms with Gasteiger partial charge in [0.2, 0.25) is 0 Å². The van der Waals surface area contributed by atoms with E-state index in [1.54, 1.807) is 19.1 Å². The molecule has 3 amide bonds. The molecule has 0 radical (unpaired) electrons. The zero-order valence-corrected chi connectivity index (χ0v) is 17.6. The molecule has 2 aliphatic heterocycles. The summed E-state index contributed by atoms with van der Waals surface area (Å²) in [6.45, 7) is 6.73. The molecule has 1 N–H and O–H groups in total. The summed E-state index contributed by atoms with van der Waals surface area (Å²) in [5.74, 6) is -0.664. The molecule has 1 aromatic heterocycles. The van der Waals surface area contributed by atoms with E-state index in [-0.39, 0.29) is 18.4 Å². The van der Waals surface area contributed by atoms with Crippen LogP contribution < -0.4 is 5.32 Å². The van der Waals surface area contributed by atoms with Gasteiger partial charge in [-0.05, 0) is 45.2 Å². The quantitative estimate of drug-likeness (QED) is 0.588. The largest absolute Gasteiger partial charge is 0.376 e. The number of aromatic nitrogens is 1. The van der Waals surface area contributed by atoms with Gasteiger partial charge in [0.15, 0.2) is 5.78 Å². The van der Waals surface area contributed by atoms with Crippen molar-refractivity contribution in [2.24, 2.45) is 0 Å². The van der Waals surface area contributed by atoms with Gasteiger partial charge >= 0.3 is 6.03 Å². The molecule has 158 valence electrons. The van der Waals surface area contributed by atoms with Gasteiger partial charge in [0.25, 0.3) is 5.91 Å². The number of carbonyl (C=O) groups is 3. The van der Waals surface area contributed by atoms with Crippen LogP contribution in [-0.4, -0.2) is 46.4 Å². The van der Waals surface area contributed by atoms with Crippen LogP contribution in [0.5, 0.6) is 0 Å². The fraction of sp³-hybridized carbons (Fsp3) is 0.435. The number of nitrogens with zero attached hydrogens (tertiary/aromatic N) is 2. The van der Waals surface area contributed by atoms with E-state index in [1.165, 1.54) is 0 Å². The number of imide groups is 1. The van der Waals surface area contributed by atoms with Crippen LogP contribution in [0.25, 0.3) is 0 Å². The number of urea groups is 1. The maximum Gasteiger partial charge on any atom is 0.325 e. The van der Waals surface area contributed by atoms with Gasteiger partial charge in [-0.2, -0.15) is 0 Å². The summed E-state index contributed by atoms with van der Waals surface area (Å²) in [5.41, 5.74) is 1.87. The Labute approximate surface area is 176 Å². The van der Waals surface area contributed by atoms with Crippen LogP contribution in [0, 0.1) is 13.8 Å². The minimum atomic E-state index is -1.17. The van der Waals surface area contributed by atoms with E-state index >= 15 is 0 Å². The lowest BCUT2D eigenvalue weighted by molar-refractivity contribution is -0.130. The summed E-state index contributed by atoms with van der Waals surface area (Å²) in [6.07, 6.45) is 2.23. The number of ketones is 1. The van der Waals surface area contributed by atoms with Gasteiger partial charge in [-0.1, -0.05) is 30.3 Å². The van der Waals surface area contributed by atoms with Gasteiger partial charge in [0, 0.05) is 30.1 Å². The number of hydrogen-bond donors (Lipinski definition) is 1. The molecule has 4 rings (SSSR count). The van der Waals surface area contributed by atoms with Gasteiger partial charge in [-0.15, -0.1) is 0 Å². The highest BCUT2D eigenvalue weighted by molar-refractivity contribution is 6.11. The number of ether oxygens (including phenoxy) is 1. The van der Waals surface area contributed by atoms with Crippen LogP contribution in [0.15, 0.2) is 36.4 Å². The summed E-state index contributed by atoms with van der Waals surface area (Å²) in [6, 6.07) is 10.4. The van der Waals surface area contributed by atoms with E-state index in [2.05, 4.69) is 9.88 Å². The third-order valence-electron chi connectivity index (χ3n) is 6.21. The topological polar surface area (TPSA) is 80.6 Å². The Balaban J connectivity index is 1.53. The number of benzene rings is 1. The summed E-state index contributed by atoms with van der Waals surface area (Å²) in [5, 5.41) is 2.75. The molecule has 0 spiro atoms. The van der Waals surface area contributed by atoms with Crippen molar-refractivity contribution >= 4 is 17.7 Å². The third-order valence-corrected chi connectivity index (χ3v) is 6.21. The molecule has 0 saturated carbocycles. The van der Waals surface area contributed by atoms with E-state index in [9.17, 15) is 14.4 Å². The highest BCUT2D eigenvalue weighted by Gasteiger charge is 2.49. The van der Waals surface area contributed by atoms with E-state index < -0.39 is 17.5 Å². The number of hydrogen-bond acceptors (Lipinski definition) is 4. The van der Waals surface area contributed by atoms with Crippen molar-refractivity contribution in [3.05, 3.63) is 58.9 Å². The number of carbonyl (C=O) groups excluding carboxylic acids is 3. The second-order valence-corrected chi connectivity index (χ2v) is 8.27. The van der Waals surface area contributed by atoms with Gasteiger partial charge in [-0.3, -0.25) is 14.5 Å². The Morgan fingerprint density at radius 1 is 1.23 bits per heavy atom. The zero-order valence-electron chi connectivity index (χ0n) is 17.6. The van der Waals surface area contributed by atoms with Crippen LogP contribution in [0.2, 0.25) is 0 Å². The SMILES string of the molecule is Cc1cc(C(=O)CN2C(=O)N[C@@](C)(c3ccccc3)C2=O)c(C)n1C[C@@H]1CCCO1. The summed E-state index contributed by atoms with van der Waals surface area (Å²) in [4.78, 5) is 39.7. The maximum atomic E-state index is 13.1. The lowest BCUT2D eigenvalue weighted by Gasteiger charge is -2.22. The van der Waals surface area contributed by atoms with E-state index in [1.807, 2.05) is 38.1 Å². The third kappa shape index (κ3) is 3.43. The van der Waals surface area contributed by atoms with Crippen LogP contribution in [-0.2, 0) is 21.6 Å². The second-order valence-electron chi connectivity index (χ2n) is 8.27. The van der Waals surface area contributed by atoms with Crippen molar-refractivity contribution in [3.63, 3.8) is 0 Å². The molecule has 2 aliphatic rings. The fourth-order valence-electron chi connectivity index (χ4n) is 4.39. The normalized spacial score (nSPS) is 23.8. The van der Waals surface area contributed by atoms with Crippen molar-refractivity contribution in [1.29, 1.82) is 0 Å². The first-order valence-electron chi connectivity index (χ1n) is 10.3. The smallest absolute Gasteiger partial charge is 0.325 e. The highest BCUT2D eigenvalue weighted by Crippen LogP contribution is 2.29. The molecule has 2 saturated heterocycles. The second kappa shape index (κ2) is 7.72. The molecule has 0 unspecified atom stereocenters. The molecule has 30 heavy (non-hydrogen) atoms. The number of amides is 3. The van der Waals surface area contributed by atoms with Gasteiger partial charge in [0.05, 0.1) is 12.6 Å². The zero-order chi connectivity index (χ0) is 21.5. The fourth-order valence-corrected chi connectivity index (χ4v) is 4.39. The molecule has 2 aromatic rings. The molecule has 3 heterocycles. The van der Waals surface area contributed by atoms with Crippen molar-refractivity contribution in [3.8, 4) is 0 Å². The minimum Gasteiger partial charge on any atom is -0.376 e. The van der Waals surface area contributed by atoms with E-state index in [0.29, 0.717) is 17.7 Å². The number of Topliss-reactive ketones (excluding diaryl/α,β-unsaturated/α-hetero) is 1. The van der Waals surface area contributed by atoms with Crippen molar-refractivity contribution in [2.45, 2.75) is 51.8 Å². The highest BCUT2D eigenvalue weighted by atomic mass is 16.5. The predicted octanol–water partition coefficient (Wildman–Crippen LogP) is 2.93. The lowest BCUT2D eigenvalue weighted by Crippen LogP contribution is -2.41. The Kier molecular flexibility index (Phi) is 5.24. The standard InChI is InChI=1S/C23H27N3O4/c1-15-12-19(16(2)25(15)13-18-10-7-11-30-18)20(27)14-26-21(28)23(3,24-22(26)29)17-8-5-4-6-9-17/h4-6,8-9,12,18H,7,10-11,13-14H2,1-3H3,(H,24,29)/t18-,23-/m0/s1. The number of nitrogens with one attached hydrogen (secondary N) is 1. The molecule has 1 aromatic carbocycles. The first-order valence-corrected chi connectivity index (χ1v) is 10.3. The molecule has 2 atom stereocenters. The monoisotopic (exact) mass is 409 g/mol. The Bertz CT molecular complexity index is 991. The van der Waals surface area contributed by atoms with Crippen LogP contribution in [0.3, 0.4) is 0 Å². The predicted molar refractivity (Wildman–Crippen MR) is 111 cm³/mol. The first kappa shape index (κ1) is 20.3. The Hall–Kier alpha value is -2.93. The average Bonchev–Trinajstić information content (AvgIpc) is 3.40. The van der Waals surface area contributed by atoms with Gasteiger partial charge < -0.3 is 14.6 Å². The molecule has 0 aliphatic carbocycles. The maximum absolute atomic E-state index is 13.1. The lowest BCUT2D eigenvalue weighted by atomic mass is 9.92.